The van der Waals surface area contributed by atoms with Gasteiger partial charge in [0.25, 0.3) is 0 Å². The standard InChI is InChI=1S/C13H17N5/c1-9-7-13(16-10(2)15-9)17-11-4-6-18-12(8-11)3-5-14-18/h3,5,7,11H,4,6,8H2,1-2H3,(H,15,16,17). The second kappa shape index (κ2) is 4.40. The minimum Gasteiger partial charge on any atom is -0.367 e. The Labute approximate surface area is 106 Å². The van der Waals surface area contributed by atoms with E-state index in [0.717, 1.165) is 36.7 Å². The lowest BCUT2D eigenvalue weighted by Crippen LogP contribution is -2.30. The minimum absolute atomic E-state index is 0.433. The Balaban J connectivity index is 1.74. The number of aromatic nitrogens is 4. The molecule has 2 aromatic heterocycles. The van der Waals surface area contributed by atoms with Crippen LogP contribution in [0.3, 0.4) is 0 Å². The first kappa shape index (κ1) is 11.2. The maximum absolute atomic E-state index is 4.43. The summed E-state index contributed by atoms with van der Waals surface area (Å²) in [6, 6.07) is 4.52. The smallest absolute Gasteiger partial charge is 0.130 e. The molecule has 0 spiro atoms. The van der Waals surface area contributed by atoms with Crippen LogP contribution in [-0.4, -0.2) is 25.8 Å². The summed E-state index contributed by atoms with van der Waals surface area (Å²) in [7, 11) is 0. The summed E-state index contributed by atoms with van der Waals surface area (Å²) in [5.74, 6) is 1.75. The quantitative estimate of drug-likeness (QED) is 0.872. The van der Waals surface area contributed by atoms with Gasteiger partial charge in [-0.2, -0.15) is 5.10 Å². The third-order valence-electron chi connectivity index (χ3n) is 3.27. The topological polar surface area (TPSA) is 55.6 Å². The van der Waals surface area contributed by atoms with Gasteiger partial charge in [-0.1, -0.05) is 0 Å². The Bertz CT molecular complexity index is 540. The number of hydrogen-bond donors (Lipinski definition) is 1. The van der Waals surface area contributed by atoms with Crippen molar-refractivity contribution in [3.8, 4) is 0 Å². The molecule has 1 atom stereocenters. The van der Waals surface area contributed by atoms with E-state index in [9.17, 15) is 0 Å². The van der Waals surface area contributed by atoms with E-state index < -0.39 is 0 Å². The molecule has 1 N–H and O–H groups in total. The van der Waals surface area contributed by atoms with Crippen molar-refractivity contribution in [1.29, 1.82) is 0 Å². The van der Waals surface area contributed by atoms with Gasteiger partial charge in [-0.25, -0.2) is 9.97 Å². The Morgan fingerprint density at radius 2 is 2.22 bits per heavy atom. The van der Waals surface area contributed by atoms with E-state index in [4.69, 9.17) is 0 Å². The molecule has 0 bridgehead atoms. The molecule has 0 radical (unpaired) electrons. The van der Waals surface area contributed by atoms with E-state index in [-0.39, 0.29) is 0 Å². The largest absolute Gasteiger partial charge is 0.367 e. The second-order valence-electron chi connectivity index (χ2n) is 4.82. The first-order chi connectivity index (χ1) is 8.70. The van der Waals surface area contributed by atoms with Gasteiger partial charge in [0.15, 0.2) is 0 Å². The summed E-state index contributed by atoms with van der Waals surface area (Å²) in [5.41, 5.74) is 2.30. The van der Waals surface area contributed by atoms with Crippen molar-refractivity contribution >= 4 is 5.82 Å². The van der Waals surface area contributed by atoms with Crippen LogP contribution in [0.25, 0.3) is 0 Å². The number of hydrogen-bond acceptors (Lipinski definition) is 4. The molecule has 0 aliphatic carbocycles. The van der Waals surface area contributed by atoms with E-state index in [1.54, 1.807) is 0 Å². The van der Waals surface area contributed by atoms with Crippen LogP contribution in [0.15, 0.2) is 18.3 Å². The normalized spacial score (nSPS) is 18.4. The Hall–Kier alpha value is -1.91. The van der Waals surface area contributed by atoms with Crippen LogP contribution in [0.4, 0.5) is 5.82 Å². The van der Waals surface area contributed by atoms with Crippen molar-refractivity contribution in [1.82, 2.24) is 19.7 Å². The number of aryl methyl sites for hydroxylation is 3. The first-order valence-corrected chi connectivity index (χ1v) is 6.30. The van der Waals surface area contributed by atoms with Crippen LogP contribution >= 0.6 is 0 Å². The van der Waals surface area contributed by atoms with Gasteiger partial charge < -0.3 is 5.32 Å². The zero-order valence-electron chi connectivity index (χ0n) is 10.7. The molecule has 5 nitrogen and oxygen atoms in total. The lowest BCUT2D eigenvalue weighted by molar-refractivity contribution is 0.455. The molecule has 0 amide bonds. The highest BCUT2D eigenvalue weighted by atomic mass is 15.3. The van der Waals surface area contributed by atoms with Gasteiger partial charge in [-0.3, -0.25) is 4.68 Å². The highest BCUT2D eigenvalue weighted by molar-refractivity contribution is 5.37. The monoisotopic (exact) mass is 243 g/mol. The molecule has 2 aromatic rings. The average Bonchev–Trinajstić information content (AvgIpc) is 2.74. The lowest BCUT2D eigenvalue weighted by Gasteiger charge is -2.24. The van der Waals surface area contributed by atoms with Gasteiger partial charge >= 0.3 is 0 Å². The summed E-state index contributed by atoms with van der Waals surface area (Å²) in [6.07, 6.45) is 3.95. The predicted octanol–water partition coefficient (Wildman–Crippen LogP) is 1.72. The van der Waals surface area contributed by atoms with Crippen LogP contribution in [0.1, 0.15) is 23.6 Å². The van der Waals surface area contributed by atoms with Crippen LogP contribution in [0.2, 0.25) is 0 Å². The minimum atomic E-state index is 0.433. The highest BCUT2D eigenvalue weighted by Crippen LogP contribution is 2.17. The second-order valence-corrected chi connectivity index (χ2v) is 4.82. The molecule has 1 unspecified atom stereocenters. The van der Waals surface area contributed by atoms with E-state index >= 15 is 0 Å². The molecule has 3 heterocycles. The number of rotatable bonds is 2. The number of nitrogens with one attached hydrogen (secondary N) is 1. The van der Waals surface area contributed by atoms with Gasteiger partial charge in [0.1, 0.15) is 11.6 Å². The van der Waals surface area contributed by atoms with Crippen molar-refractivity contribution in [3.05, 3.63) is 35.5 Å². The van der Waals surface area contributed by atoms with Crippen LogP contribution in [-0.2, 0) is 13.0 Å². The fraction of sp³-hybridized carbons (Fsp3) is 0.462. The fourth-order valence-corrected chi connectivity index (χ4v) is 2.49. The molecule has 5 heteroatoms. The maximum atomic E-state index is 4.43. The molecule has 3 rings (SSSR count). The summed E-state index contributed by atoms with van der Waals surface area (Å²) in [6.45, 7) is 4.90. The van der Waals surface area contributed by atoms with Crippen LogP contribution < -0.4 is 5.32 Å². The van der Waals surface area contributed by atoms with Gasteiger partial charge in [-0.05, 0) is 26.3 Å². The summed E-state index contributed by atoms with van der Waals surface area (Å²) < 4.78 is 2.08. The summed E-state index contributed by atoms with van der Waals surface area (Å²) in [5, 5.41) is 7.79. The molecule has 0 saturated carbocycles. The van der Waals surface area contributed by atoms with Gasteiger partial charge in [0, 0.05) is 42.7 Å². The molecule has 1 aliphatic heterocycles. The van der Waals surface area contributed by atoms with Gasteiger partial charge in [0.05, 0.1) is 0 Å². The van der Waals surface area contributed by atoms with Gasteiger partial charge in [0.2, 0.25) is 0 Å². The van der Waals surface area contributed by atoms with Crippen molar-refractivity contribution < 1.29 is 0 Å². The number of fused-ring (bicyclic) bond motifs is 1. The molecular formula is C13H17N5. The van der Waals surface area contributed by atoms with Crippen molar-refractivity contribution in [3.63, 3.8) is 0 Å². The fourth-order valence-electron chi connectivity index (χ4n) is 2.49. The third kappa shape index (κ3) is 2.20. The Morgan fingerprint density at radius 1 is 1.33 bits per heavy atom. The van der Waals surface area contributed by atoms with Crippen molar-refractivity contribution in [2.45, 2.75) is 39.3 Å². The van der Waals surface area contributed by atoms with Crippen LogP contribution in [0.5, 0.6) is 0 Å². The van der Waals surface area contributed by atoms with E-state index in [1.165, 1.54) is 5.69 Å². The Kier molecular flexibility index (Phi) is 2.74. The third-order valence-corrected chi connectivity index (χ3v) is 3.27. The zero-order valence-corrected chi connectivity index (χ0v) is 10.7. The van der Waals surface area contributed by atoms with Crippen molar-refractivity contribution in [2.24, 2.45) is 0 Å². The zero-order chi connectivity index (χ0) is 12.5. The van der Waals surface area contributed by atoms with Crippen molar-refractivity contribution in [2.75, 3.05) is 5.32 Å². The molecule has 0 aromatic carbocycles. The van der Waals surface area contributed by atoms with E-state index in [2.05, 4.69) is 31.1 Å². The molecule has 18 heavy (non-hydrogen) atoms. The molecule has 0 fully saturated rings. The predicted molar refractivity (Wildman–Crippen MR) is 69.5 cm³/mol. The van der Waals surface area contributed by atoms with Gasteiger partial charge in [-0.15, -0.1) is 0 Å². The van der Waals surface area contributed by atoms with E-state index in [0.29, 0.717) is 6.04 Å². The summed E-state index contributed by atoms with van der Waals surface area (Å²) >= 11 is 0. The molecule has 0 saturated heterocycles. The lowest BCUT2D eigenvalue weighted by atomic mass is 10.0. The molecular weight excluding hydrogens is 226 g/mol. The number of anilines is 1. The highest BCUT2D eigenvalue weighted by Gasteiger charge is 2.19. The first-order valence-electron chi connectivity index (χ1n) is 6.30. The SMILES string of the molecule is Cc1cc(NC2CCn3nccc3C2)nc(C)n1. The number of nitrogens with zero attached hydrogens (tertiary/aromatic N) is 4. The maximum Gasteiger partial charge on any atom is 0.130 e. The summed E-state index contributed by atoms with van der Waals surface area (Å²) in [4.78, 5) is 8.72. The van der Waals surface area contributed by atoms with Crippen LogP contribution in [0, 0.1) is 13.8 Å². The molecule has 1 aliphatic rings. The van der Waals surface area contributed by atoms with E-state index in [1.807, 2.05) is 26.1 Å². The molecule has 94 valence electrons. The average molecular weight is 243 g/mol. The Morgan fingerprint density at radius 3 is 3.06 bits per heavy atom.